The Kier molecular flexibility index (Phi) is 6.75. The summed E-state index contributed by atoms with van der Waals surface area (Å²) in [4.78, 5) is 30.7. The number of hydrogen-bond acceptors (Lipinski definition) is 6. The minimum Gasteiger partial charge on any atom is -0.478 e. The van der Waals surface area contributed by atoms with Gasteiger partial charge in [0.1, 0.15) is 11.3 Å². The van der Waals surface area contributed by atoms with Crippen molar-refractivity contribution < 1.29 is 19.1 Å². The molecular weight excluding hydrogens is 468 g/mol. The first kappa shape index (κ1) is 24.2. The van der Waals surface area contributed by atoms with E-state index in [2.05, 4.69) is 15.4 Å². The summed E-state index contributed by atoms with van der Waals surface area (Å²) in [6, 6.07) is 16.2. The van der Waals surface area contributed by atoms with Crippen molar-refractivity contribution in [2.75, 3.05) is 11.9 Å². The van der Waals surface area contributed by atoms with Crippen LogP contribution in [0, 0.1) is 6.92 Å². The van der Waals surface area contributed by atoms with Crippen LogP contribution < -0.4 is 10.1 Å². The number of esters is 1. The van der Waals surface area contributed by atoms with Gasteiger partial charge in [0, 0.05) is 10.4 Å². The Bertz CT molecular complexity index is 1400. The number of halogens is 1. The molecule has 0 radical (unpaired) electrons. The Hall–Kier alpha value is -3.91. The fourth-order valence-corrected chi connectivity index (χ4v) is 3.67. The van der Waals surface area contributed by atoms with Gasteiger partial charge in [-0.2, -0.15) is 9.78 Å². The first-order valence-electron chi connectivity index (χ1n) is 11.1. The molecule has 1 N–H and O–H groups in total. The number of para-hydroxylation sites is 1. The van der Waals surface area contributed by atoms with Gasteiger partial charge in [-0.1, -0.05) is 29.8 Å². The fourth-order valence-electron chi connectivity index (χ4n) is 3.54. The van der Waals surface area contributed by atoms with Crippen molar-refractivity contribution in [1.29, 1.82) is 0 Å². The molecule has 0 fully saturated rings. The predicted octanol–water partition coefficient (Wildman–Crippen LogP) is 5.36. The number of benzene rings is 2. The van der Waals surface area contributed by atoms with Crippen LogP contribution in [0.3, 0.4) is 0 Å². The van der Waals surface area contributed by atoms with Crippen molar-refractivity contribution in [3.63, 3.8) is 0 Å². The van der Waals surface area contributed by atoms with Crippen LogP contribution in [0.4, 0.5) is 5.82 Å². The Morgan fingerprint density at radius 1 is 1.11 bits per heavy atom. The Balaban J connectivity index is 1.72. The maximum atomic E-state index is 13.3. The number of aryl methyl sites for hydroxylation is 1. The zero-order chi connectivity index (χ0) is 25.2. The number of fused-ring (bicyclic) bond motifs is 1. The van der Waals surface area contributed by atoms with Crippen LogP contribution in [-0.4, -0.2) is 38.8 Å². The van der Waals surface area contributed by atoms with E-state index in [0.29, 0.717) is 16.6 Å². The van der Waals surface area contributed by atoms with E-state index in [9.17, 15) is 9.59 Å². The molecule has 0 saturated carbocycles. The molecule has 0 aliphatic heterocycles. The number of ether oxygens (including phenoxy) is 2. The van der Waals surface area contributed by atoms with Crippen molar-refractivity contribution in [3.05, 3.63) is 76.9 Å². The summed E-state index contributed by atoms with van der Waals surface area (Å²) in [6.07, 6.45) is 1.35. The number of carbonyl (C=O) groups excluding carboxylic acids is 2. The third kappa shape index (κ3) is 5.12. The molecule has 4 aromatic rings. The second-order valence-corrected chi connectivity index (χ2v) is 8.81. The number of rotatable bonds is 7. The average molecular weight is 493 g/mol. The van der Waals surface area contributed by atoms with Gasteiger partial charge in [0.25, 0.3) is 5.91 Å². The Labute approximate surface area is 207 Å². The van der Waals surface area contributed by atoms with Crippen LogP contribution in [0.2, 0.25) is 5.02 Å². The lowest BCUT2D eigenvalue weighted by molar-refractivity contribution is -0.128. The third-order valence-electron chi connectivity index (χ3n) is 5.36. The number of amides is 1. The lowest BCUT2D eigenvalue weighted by Gasteiger charge is -2.25. The van der Waals surface area contributed by atoms with Crippen LogP contribution in [0.1, 0.15) is 36.7 Å². The van der Waals surface area contributed by atoms with Gasteiger partial charge < -0.3 is 14.8 Å². The number of aromatic nitrogens is 3. The summed E-state index contributed by atoms with van der Waals surface area (Å²) < 4.78 is 12.5. The van der Waals surface area contributed by atoms with Gasteiger partial charge in [0.15, 0.2) is 17.2 Å². The number of nitrogens with one attached hydrogen (secondary N) is 1. The van der Waals surface area contributed by atoms with Gasteiger partial charge in [0.2, 0.25) is 0 Å². The summed E-state index contributed by atoms with van der Waals surface area (Å²) in [5.41, 5.74) is 0.554. The van der Waals surface area contributed by atoms with Crippen molar-refractivity contribution in [2.24, 2.45) is 0 Å². The number of anilines is 1. The largest absolute Gasteiger partial charge is 0.478 e. The van der Waals surface area contributed by atoms with Crippen LogP contribution in [0.5, 0.6) is 5.75 Å². The number of nitrogens with zero attached hydrogens (tertiary/aromatic N) is 3. The quantitative estimate of drug-likeness (QED) is 0.349. The van der Waals surface area contributed by atoms with E-state index in [0.717, 1.165) is 16.5 Å². The molecule has 0 saturated heterocycles. The summed E-state index contributed by atoms with van der Waals surface area (Å²) in [5.74, 6) is -0.0346. The molecule has 0 aliphatic carbocycles. The van der Waals surface area contributed by atoms with E-state index < -0.39 is 17.5 Å². The van der Waals surface area contributed by atoms with Gasteiger partial charge in [-0.3, -0.25) is 4.79 Å². The molecule has 2 heterocycles. The molecule has 0 aliphatic rings. The number of hydrogen-bond donors (Lipinski definition) is 1. The normalized spacial score (nSPS) is 11.3. The van der Waals surface area contributed by atoms with Crippen molar-refractivity contribution in [2.45, 2.75) is 33.3 Å². The molecule has 0 spiro atoms. The topological polar surface area (TPSA) is 95.3 Å². The number of carbonyl (C=O) groups is 2. The van der Waals surface area contributed by atoms with Gasteiger partial charge in [-0.05, 0) is 69.7 Å². The maximum absolute atomic E-state index is 13.3. The van der Waals surface area contributed by atoms with Crippen LogP contribution >= 0.6 is 11.6 Å². The van der Waals surface area contributed by atoms with Gasteiger partial charge >= 0.3 is 5.97 Å². The molecule has 2 aromatic heterocycles. The number of pyridine rings is 1. The highest BCUT2D eigenvalue weighted by atomic mass is 35.5. The smallest absolute Gasteiger partial charge is 0.343 e. The van der Waals surface area contributed by atoms with E-state index in [-0.39, 0.29) is 18.0 Å². The fraction of sp³-hybridized carbons (Fsp3) is 0.231. The monoisotopic (exact) mass is 492 g/mol. The molecule has 1 amide bonds. The highest BCUT2D eigenvalue weighted by Crippen LogP contribution is 2.27. The Morgan fingerprint density at radius 2 is 1.83 bits per heavy atom. The highest BCUT2D eigenvalue weighted by Gasteiger charge is 2.33. The summed E-state index contributed by atoms with van der Waals surface area (Å²) in [6.45, 7) is 7.10. The Morgan fingerprint density at radius 3 is 2.54 bits per heavy atom. The molecular formula is C26H25ClN4O4. The minimum atomic E-state index is -1.29. The van der Waals surface area contributed by atoms with E-state index in [1.807, 2.05) is 37.3 Å². The molecule has 9 heteroatoms. The van der Waals surface area contributed by atoms with E-state index in [1.165, 1.54) is 10.9 Å². The first-order chi connectivity index (χ1) is 16.7. The van der Waals surface area contributed by atoms with Crippen LogP contribution in [-0.2, 0) is 9.53 Å². The summed E-state index contributed by atoms with van der Waals surface area (Å²) >= 11 is 5.94. The van der Waals surface area contributed by atoms with Gasteiger partial charge in [-0.15, -0.1) is 0 Å². The lowest BCUT2D eigenvalue weighted by atomic mass is 10.1. The first-order valence-corrected chi connectivity index (χ1v) is 11.5. The molecule has 8 nitrogen and oxygen atoms in total. The van der Waals surface area contributed by atoms with E-state index in [4.69, 9.17) is 21.1 Å². The van der Waals surface area contributed by atoms with Gasteiger partial charge in [0.05, 0.1) is 18.3 Å². The highest BCUT2D eigenvalue weighted by molar-refractivity contribution is 6.30. The predicted molar refractivity (Wildman–Crippen MR) is 134 cm³/mol. The third-order valence-corrected chi connectivity index (χ3v) is 5.61. The molecule has 0 unspecified atom stereocenters. The van der Waals surface area contributed by atoms with Gasteiger partial charge in [-0.25, -0.2) is 9.78 Å². The molecule has 35 heavy (non-hydrogen) atoms. The molecule has 0 bridgehead atoms. The SMILES string of the molecule is CCOC(=O)c1cnn(-c2cc(C)c3ccccc3n2)c1NC(=O)C(C)(C)Oc1ccc(Cl)cc1. The average Bonchev–Trinajstić information content (AvgIpc) is 3.24. The van der Waals surface area contributed by atoms with Crippen molar-refractivity contribution in [3.8, 4) is 11.6 Å². The van der Waals surface area contributed by atoms with Crippen molar-refractivity contribution in [1.82, 2.24) is 14.8 Å². The van der Waals surface area contributed by atoms with Crippen LogP contribution in [0.15, 0.2) is 60.8 Å². The summed E-state index contributed by atoms with van der Waals surface area (Å²) in [7, 11) is 0. The molecule has 180 valence electrons. The molecule has 2 aromatic carbocycles. The summed E-state index contributed by atoms with van der Waals surface area (Å²) in [5, 5.41) is 8.71. The second kappa shape index (κ2) is 9.76. The molecule has 4 rings (SSSR count). The van der Waals surface area contributed by atoms with Crippen LogP contribution in [0.25, 0.3) is 16.7 Å². The molecule has 0 atom stereocenters. The lowest BCUT2D eigenvalue weighted by Crippen LogP contribution is -2.43. The zero-order valence-electron chi connectivity index (χ0n) is 19.8. The van der Waals surface area contributed by atoms with E-state index >= 15 is 0 Å². The standard InChI is InChI=1S/C26H25ClN4O4/c1-5-34-24(32)20-15-28-31(22-14-16(2)19-8-6-7-9-21(19)29-22)23(20)30-25(33)26(3,4)35-18-12-10-17(27)11-13-18/h6-15H,5H2,1-4H3,(H,30,33). The van der Waals surface area contributed by atoms with E-state index in [1.54, 1.807) is 45.0 Å². The van der Waals surface area contributed by atoms with Crippen molar-refractivity contribution >= 4 is 40.2 Å². The second-order valence-electron chi connectivity index (χ2n) is 8.37. The zero-order valence-corrected chi connectivity index (χ0v) is 20.6. The minimum absolute atomic E-state index is 0.107. The maximum Gasteiger partial charge on any atom is 0.343 e.